The lowest BCUT2D eigenvalue weighted by atomic mass is 9.88. The smallest absolute Gasteiger partial charge is 0.156 e. The van der Waals surface area contributed by atoms with Crippen LogP contribution in [0.3, 0.4) is 0 Å². The highest BCUT2D eigenvalue weighted by atomic mass is 15.2. The number of hydrogen-bond acceptors (Lipinski definition) is 12. The van der Waals surface area contributed by atoms with Crippen LogP contribution in [0.25, 0.3) is 11.0 Å². The summed E-state index contributed by atoms with van der Waals surface area (Å²) in [6.07, 6.45) is 14.7. The highest BCUT2D eigenvalue weighted by Crippen LogP contribution is 2.25. The van der Waals surface area contributed by atoms with E-state index in [4.69, 9.17) is 0 Å². The average molecular weight is 958 g/mol. The molecule has 7 rings (SSSR count). The van der Waals surface area contributed by atoms with Gasteiger partial charge in [0.25, 0.3) is 0 Å². The first-order valence-electron chi connectivity index (χ1n) is 23.4. The van der Waals surface area contributed by atoms with Crippen LogP contribution in [0.15, 0.2) is 79.9 Å². The van der Waals surface area contributed by atoms with Crippen LogP contribution in [0.2, 0.25) is 0 Å². The molecule has 0 aliphatic rings. The van der Waals surface area contributed by atoms with Gasteiger partial charge in [-0.15, -0.1) is 10.2 Å². The lowest BCUT2D eigenvalue weighted by molar-refractivity contribution is 0.530. The molecule has 0 unspecified atom stereocenters. The lowest BCUT2D eigenvalue weighted by Crippen LogP contribution is -2.17. The second kappa shape index (κ2) is 26.8. The van der Waals surface area contributed by atoms with Crippen LogP contribution in [0, 0.1) is 34.6 Å². The highest BCUT2D eigenvalue weighted by Gasteiger charge is 2.19. The van der Waals surface area contributed by atoms with Crippen molar-refractivity contribution in [1.82, 2.24) is 65.7 Å². The van der Waals surface area contributed by atoms with E-state index in [0.29, 0.717) is 0 Å². The normalized spacial score (nSPS) is 11.4. The van der Waals surface area contributed by atoms with Gasteiger partial charge in [-0.25, -0.2) is 9.97 Å². The number of aromatic amines is 1. The van der Waals surface area contributed by atoms with Gasteiger partial charge in [0.05, 0.1) is 58.6 Å². The first-order chi connectivity index (χ1) is 31.1. The maximum absolute atomic E-state index is 4.38. The number of aryl methyl sites for hydroxylation is 5. The number of nitrogens with one attached hydrogen (secondary N) is 1. The molecule has 7 heterocycles. The fraction of sp³-hybridized carbons (Fsp3) is 0.544. The minimum Gasteiger partial charge on any atom is -0.360 e. The van der Waals surface area contributed by atoms with Crippen molar-refractivity contribution in [3.8, 4) is 0 Å². The van der Waals surface area contributed by atoms with Crippen LogP contribution >= 0.6 is 0 Å². The van der Waals surface area contributed by atoms with Gasteiger partial charge in [0, 0.05) is 41.0 Å². The fourth-order valence-corrected chi connectivity index (χ4v) is 5.48. The van der Waals surface area contributed by atoms with Gasteiger partial charge in [0.1, 0.15) is 5.82 Å². The molecule has 0 aliphatic carbocycles. The van der Waals surface area contributed by atoms with Gasteiger partial charge in [-0.3, -0.25) is 9.97 Å². The van der Waals surface area contributed by atoms with Gasteiger partial charge in [-0.05, 0) is 103 Å². The molecule has 384 valence electrons. The standard InChI is InChI=1S/C11H14N2.C10H15N.2C9H14N2.2C8H13N3.2CH4/c1-11(2,3)8-6-10-9(13-7-8)4-5-12-10;1-8-5-9(7-11-6-8)10(2,3)4;1-7-5-8(6-10-11-7)9(2,3)4;1-7-5-8(9(2,3)4)11-10-6-7;1-6-10-7(5-9-11-6)8(2,3)4;1-6-5-9-11-7(10-6)8(2,3)4;;/h4-7,12H,1-3H3;5-7H,1-4H3;2*5-6H,1-4H3;2*5H,1-4H3;2*1H4. The molecule has 70 heavy (non-hydrogen) atoms. The Balaban J connectivity index is 0.000000813. The summed E-state index contributed by atoms with van der Waals surface area (Å²) in [6.45, 7) is 48.5. The third-order valence-electron chi connectivity index (χ3n) is 9.99. The van der Waals surface area contributed by atoms with Crippen molar-refractivity contribution in [1.29, 1.82) is 0 Å². The summed E-state index contributed by atoms with van der Waals surface area (Å²) in [5.41, 5.74) is 13.1. The van der Waals surface area contributed by atoms with Crippen molar-refractivity contribution in [2.75, 3.05) is 0 Å². The van der Waals surface area contributed by atoms with Crippen LogP contribution in [-0.2, 0) is 32.5 Å². The second-order valence-electron chi connectivity index (χ2n) is 23.4. The van der Waals surface area contributed by atoms with Crippen LogP contribution < -0.4 is 0 Å². The van der Waals surface area contributed by atoms with Crippen LogP contribution in [0.5, 0.6) is 0 Å². The van der Waals surface area contributed by atoms with Gasteiger partial charge in [0.15, 0.2) is 5.82 Å². The predicted molar refractivity (Wildman–Crippen MR) is 293 cm³/mol. The number of nitrogens with zero attached hydrogens (tertiary/aromatic N) is 12. The molecule has 0 aromatic carbocycles. The van der Waals surface area contributed by atoms with Gasteiger partial charge >= 0.3 is 0 Å². The summed E-state index contributed by atoms with van der Waals surface area (Å²) in [4.78, 5) is 20.2. The molecule has 0 radical (unpaired) electrons. The Hall–Kier alpha value is -5.98. The van der Waals surface area contributed by atoms with E-state index in [9.17, 15) is 0 Å². The summed E-state index contributed by atoms with van der Waals surface area (Å²) < 4.78 is 0. The summed E-state index contributed by atoms with van der Waals surface area (Å²) in [5.74, 6) is 1.54. The van der Waals surface area contributed by atoms with Crippen molar-refractivity contribution in [2.45, 2.75) is 207 Å². The Kier molecular flexibility index (Phi) is 24.6. The van der Waals surface area contributed by atoms with E-state index in [1.54, 1.807) is 18.6 Å². The molecule has 0 aliphatic heterocycles. The molecule has 0 saturated heterocycles. The van der Waals surface area contributed by atoms with Crippen molar-refractivity contribution in [3.05, 3.63) is 142 Å². The molecule has 0 fully saturated rings. The molecule has 0 bridgehead atoms. The molecule has 13 nitrogen and oxygen atoms in total. The third-order valence-corrected chi connectivity index (χ3v) is 9.99. The van der Waals surface area contributed by atoms with Crippen molar-refractivity contribution < 1.29 is 0 Å². The van der Waals surface area contributed by atoms with Crippen molar-refractivity contribution in [2.24, 2.45) is 0 Å². The zero-order valence-corrected chi connectivity index (χ0v) is 45.9. The largest absolute Gasteiger partial charge is 0.360 e. The van der Waals surface area contributed by atoms with Crippen LogP contribution in [0.1, 0.15) is 202 Å². The Bertz CT molecular complexity index is 2270. The monoisotopic (exact) mass is 958 g/mol. The molecule has 7 aromatic rings. The number of pyridine rings is 2. The van der Waals surface area contributed by atoms with Gasteiger partial charge in [0.2, 0.25) is 0 Å². The molecule has 0 saturated carbocycles. The summed E-state index contributed by atoms with van der Waals surface area (Å²) in [5, 5.41) is 31.2. The Morgan fingerprint density at radius 3 is 1.33 bits per heavy atom. The van der Waals surface area contributed by atoms with Gasteiger partial charge in [-0.1, -0.05) is 146 Å². The molecular weight excluding hydrogens is 867 g/mol. The molecule has 0 amide bonds. The third kappa shape index (κ3) is 23.6. The first-order valence-corrected chi connectivity index (χ1v) is 23.4. The lowest BCUT2D eigenvalue weighted by Gasteiger charge is -2.18. The average Bonchev–Trinajstić information content (AvgIpc) is 3.69. The Morgan fingerprint density at radius 1 is 0.400 bits per heavy atom. The quantitative estimate of drug-likeness (QED) is 0.153. The van der Waals surface area contributed by atoms with E-state index in [-0.39, 0.29) is 47.3 Å². The maximum atomic E-state index is 4.38. The zero-order valence-electron chi connectivity index (χ0n) is 45.9. The maximum Gasteiger partial charge on any atom is 0.156 e. The summed E-state index contributed by atoms with van der Waals surface area (Å²) >= 11 is 0. The van der Waals surface area contributed by atoms with Crippen molar-refractivity contribution in [3.63, 3.8) is 0 Å². The van der Waals surface area contributed by atoms with Gasteiger partial charge < -0.3 is 4.98 Å². The van der Waals surface area contributed by atoms with E-state index in [0.717, 1.165) is 45.5 Å². The summed E-state index contributed by atoms with van der Waals surface area (Å²) in [6, 6.07) is 10.5. The molecule has 0 spiro atoms. The molecule has 7 aromatic heterocycles. The van der Waals surface area contributed by atoms with Gasteiger partial charge in [-0.2, -0.15) is 30.6 Å². The fourth-order valence-electron chi connectivity index (χ4n) is 5.48. The zero-order chi connectivity index (χ0) is 51.9. The minimum absolute atomic E-state index is 0. The number of rotatable bonds is 0. The Morgan fingerprint density at radius 2 is 0.914 bits per heavy atom. The van der Waals surface area contributed by atoms with E-state index >= 15 is 0 Å². The van der Waals surface area contributed by atoms with Crippen LogP contribution in [-0.4, -0.2) is 65.7 Å². The van der Waals surface area contributed by atoms with E-state index in [1.807, 2.05) is 64.7 Å². The predicted octanol–water partition coefficient (Wildman–Crippen LogP) is 13.9. The topological polar surface area (TPSA) is 170 Å². The first kappa shape index (κ1) is 64.0. The van der Waals surface area contributed by atoms with Crippen LogP contribution in [0.4, 0.5) is 0 Å². The molecule has 13 heteroatoms. The van der Waals surface area contributed by atoms with E-state index < -0.39 is 0 Å². The highest BCUT2D eigenvalue weighted by molar-refractivity contribution is 5.75. The van der Waals surface area contributed by atoms with E-state index in [2.05, 4.69) is 222 Å². The molecule has 0 atom stereocenters. The summed E-state index contributed by atoms with van der Waals surface area (Å²) in [7, 11) is 0. The second-order valence-corrected chi connectivity index (χ2v) is 23.4. The SMILES string of the molecule is C.C.CC(C)(C)c1cnc2cc[nH]c2c1.Cc1cc(C(C)(C)C)cnn1.Cc1cncc(C(C)(C)C)c1.Cc1cnnc(C(C)(C)C)c1.Cc1cnnc(C(C)(C)C)n1.Cc1nncc(C(C)(C)C)n1. The Labute approximate surface area is 423 Å². The number of aromatic nitrogens is 13. The number of H-pyrrole nitrogens is 1. The molecule has 1 N–H and O–H groups in total. The minimum atomic E-state index is -0.000972. The van der Waals surface area contributed by atoms with Crippen molar-refractivity contribution >= 4 is 11.0 Å². The number of fused-ring (bicyclic) bond motifs is 1. The molecular formula is C57H91N13. The number of hydrogen-bond donors (Lipinski definition) is 1. The van der Waals surface area contributed by atoms with E-state index in [1.165, 1.54) is 27.8 Å².